The van der Waals surface area contributed by atoms with Gasteiger partial charge in [0, 0.05) is 6.07 Å². The summed E-state index contributed by atoms with van der Waals surface area (Å²) in [6.07, 6.45) is 0.239. The molecule has 0 aromatic heterocycles. The van der Waals surface area contributed by atoms with Crippen LogP contribution in [0.3, 0.4) is 0 Å². The Morgan fingerprint density at radius 1 is 0.722 bits per heavy atom. The van der Waals surface area contributed by atoms with Crippen LogP contribution in [0.1, 0.15) is 41.5 Å². The van der Waals surface area contributed by atoms with Crippen LogP contribution in [0.15, 0.2) is 6.07 Å². The van der Waals surface area contributed by atoms with E-state index in [4.69, 9.17) is 14.2 Å². The fraction of sp³-hybridized carbons (Fsp3) is 0.600. The molecule has 18 heavy (non-hydrogen) atoms. The molecule has 0 fully saturated rings. The molecule has 1 aromatic rings. The number of hydrogen-bond acceptors (Lipinski definition) is 3. The lowest BCUT2D eigenvalue weighted by Gasteiger charge is -2.16. The van der Waals surface area contributed by atoms with Crippen molar-refractivity contribution in [2.24, 2.45) is 0 Å². The van der Waals surface area contributed by atoms with Crippen LogP contribution < -0.4 is 14.2 Å². The van der Waals surface area contributed by atoms with Gasteiger partial charge in [0.05, 0.1) is 30.4 Å². The van der Waals surface area contributed by atoms with Gasteiger partial charge in [0.1, 0.15) is 17.2 Å². The molecule has 0 aliphatic heterocycles. The molecule has 2 radical (unpaired) electrons. The monoisotopic (exact) mass is 250 g/mol. The average Bonchev–Trinajstić information content (AvgIpc) is 2.12. The zero-order valence-electron chi connectivity index (χ0n) is 12.0. The molecule has 0 heterocycles. The lowest BCUT2D eigenvalue weighted by Crippen LogP contribution is -2.10. The summed E-state index contributed by atoms with van der Waals surface area (Å²) in [5, 5.41) is 0. The van der Waals surface area contributed by atoms with Crippen molar-refractivity contribution < 1.29 is 14.2 Å². The van der Waals surface area contributed by atoms with E-state index in [2.05, 4.69) is 12.1 Å². The van der Waals surface area contributed by atoms with E-state index in [1.807, 2.05) is 41.5 Å². The molecule has 100 valence electrons. The van der Waals surface area contributed by atoms with Crippen molar-refractivity contribution in [3.8, 4) is 17.2 Å². The van der Waals surface area contributed by atoms with Gasteiger partial charge in [0.15, 0.2) is 0 Å². The van der Waals surface area contributed by atoms with Crippen LogP contribution in [0.5, 0.6) is 17.2 Å². The molecular formula is C15H22O3. The third-order valence-electron chi connectivity index (χ3n) is 1.81. The van der Waals surface area contributed by atoms with Crippen molar-refractivity contribution in [3.05, 3.63) is 18.2 Å². The van der Waals surface area contributed by atoms with Gasteiger partial charge in [-0.05, 0) is 41.5 Å². The largest absolute Gasteiger partial charge is 0.490 e. The van der Waals surface area contributed by atoms with Crippen LogP contribution in [-0.4, -0.2) is 18.3 Å². The second kappa shape index (κ2) is 6.53. The minimum absolute atomic E-state index is 0.0682. The third kappa shape index (κ3) is 5.30. The van der Waals surface area contributed by atoms with Crippen LogP contribution >= 0.6 is 0 Å². The molecule has 0 saturated heterocycles. The summed E-state index contributed by atoms with van der Waals surface area (Å²) in [6, 6.07) is 7.87. The van der Waals surface area contributed by atoms with E-state index in [9.17, 15) is 0 Å². The highest BCUT2D eigenvalue weighted by atomic mass is 16.5. The number of benzene rings is 1. The van der Waals surface area contributed by atoms with Gasteiger partial charge in [-0.3, -0.25) is 0 Å². The van der Waals surface area contributed by atoms with Gasteiger partial charge < -0.3 is 14.2 Å². The van der Waals surface area contributed by atoms with Crippen LogP contribution in [0.2, 0.25) is 0 Å². The Morgan fingerprint density at radius 2 is 1.11 bits per heavy atom. The van der Waals surface area contributed by atoms with Crippen molar-refractivity contribution in [1.29, 1.82) is 0 Å². The van der Waals surface area contributed by atoms with Gasteiger partial charge in [-0.15, -0.1) is 0 Å². The lowest BCUT2D eigenvalue weighted by atomic mass is 10.3. The summed E-state index contributed by atoms with van der Waals surface area (Å²) in [4.78, 5) is 0. The van der Waals surface area contributed by atoms with Crippen LogP contribution in [0.25, 0.3) is 0 Å². The van der Waals surface area contributed by atoms with Gasteiger partial charge in [-0.1, -0.05) is 0 Å². The van der Waals surface area contributed by atoms with E-state index < -0.39 is 0 Å². The fourth-order valence-electron chi connectivity index (χ4n) is 1.38. The highest BCUT2D eigenvalue weighted by molar-refractivity contribution is 5.39. The molecule has 0 N–H and O–H groups in total. The maximum absolute atomic E-state index is 5.62. The number of rotatable bonds is 6. The Labute approximate surface area is 110 Å². The fourth-order valence-corrected chi connectivity index (χ4v) is 1.38. The highest BCUT2D eigenvalue weighted by Crippen LogP contribution is 2.28. The molecule has 1 aromatic carbocycles. The molecule has 0 amide bonds. The molecule has 0 aliphatic carbocycles. The molecular weight excluding hydrogens is 228 g/mol. The van der Waals surface area contributed by atoms with Gasteiger partial charge in [-0.2, -0.15) is 0 Å². The van der Waals surface area contributed by atoms with Gasteiger partial charge in [0.2, 0.25) is 0 Å². The quantitative estimate of drug-likeness (QED) is 0.771. The van der Waals surface area contributed by atoms with Crippen LogP contribution in [0.4, 0.5) is 0 Å². The van der Waals surface area contributed by atoms with E-state index in [0.29, 0.717) is 17.2 Å². The predicted octanol–water partition coefficient (Wildman–Crippen LogP) is 3.65. The summed E-state index contributed by atoms with van der Waals surface area (Å²) in [7, 11) is 0. The Balaban J connectivity index is 2.95. The average molecular weight is 250 g/mol. The van der Waals surface area contributed by atoms with Gasteiger partial charge in [-0.25, -0.2) is 0 Å². The zero-order valence-corrected chi connectivity index (χ0v) is 12.0. The normalized spacial score (nSPS) is 11.2. The minimum atomic E-state index is 0.0682. The minimum Gasteiger partial charge on any atom is -0.490 e. The lowest BCUT2D eigenvalue weighted by molar-refractivity contribution is 0.215. The summed E-state index contributed by atoms with van der Waals surface area (Å²) in [5.74, 6) is 1.77. The second-order valence-electron chi connectivity index (χ2n) is 4.95. The summed E-state index contributed by atoms with van der Waals surface area (Å²) in [5.41, 5.74) is 0. The number of ether oxygens (including phenoxy) is 3. The van der Waals surface area contributed by atoms with Crippen molar-refractivity contribution >= 4 is 0 Å². The Kier molecular flexibility index (Phi) is 5.32. The standard InChI is InChI=1S/C15H22O3/c1-10(2)16-13-7-14(17-11(3)4)9-15(8-13)18-12(5)6/h7,10-12H,1-6H3. The molecule has 3 nitrogen and oxygen atoms in total. The highest BCUT2D eigenvalue weighted by Gasteiger charge is 2.09. The first kappa shape index (κ1) is 14.7. The number of hydrogen-bond donors (Lipinski definition) is 0. The molecule has 0 saturated carbocycles. The van der Waals surface area contributed by atoms with E-state index in [1.165, 1.54) is 0 Å². The Hall–Kier alpha value is -1.38. The first-order valence-corrected chi connectivity index (χ1v) is 6.36. The van der Waals surface area contributed by atoms with E-state index in [0.717, 1.165) is 0 Å². The molecule has 0 aliphatic rings. The SMILES string of the molecule is CC(C)Oc1[c]c(OC(C)C)cc(OC(C)C)[c]1. The molecule has 0 unspecified atom stereocenters. The van der Waals surface area contributed by atoms with E-state index in [1.54, 1.807) is 6.07 Å². The predicted molar refractivity (Wildman–Crippen MR) is 71.4 cm³/mol. The smallest absolute Gasteiger partial charge is 0.143 e. The van der Waals surface area contributed by atoms with Gasteiger partial charge in [0.25, 0.3) is 0 Å². The Bertz CT molecular complexity index is 301. The maximum atomic E-state index is 5.62. The van der Waals surface area contributed by atoms with Crippen molar-refractivity contribution in [2.45, 2.75) is 59.9 Å². The van der Waals surface area contributed by atoms with Crippen molar-refractivity contribution in [3.63, 3.8) is 0 Å². The van der Waals surface area contributed by atoms with Crippen LogP contribution in [0, 0.1) is 12.1 Å². The first-order valence-electron chi connectivity index (χ1n) is 6.36. The summed E-state index contributed by atoms with van der Waals surface area (Å²) >= 11 is 0. The molecule has 1 rings (SSSR count). The summed E-state index contributed by atoms with van der Waals surface area (Å²) < 4.78 is 16.8. The first-order chi connectivity index (χ1) is 8.36. The molecule has 0 bridgehead atoms. The second-order valence-corrected chi connectivity index (χ2v) is 4.95. The van der Waals surface area contributed by atoms with E-state index >= 15 is 0 Å². The van der Waals surface area contributed by atoms with Crippen LogP contribution in [-0.2, 0) is 0 Å². The van der Waals surface area contributed by atoms with Gasteiger partial charge >= 0.3 is 0 Å². The Morgan fingerprint density at radius 3 is 1.44 bits per heavy atom. The van der Waals surface area contributed by atoms with E-state index in [-0.39, 0.29) is 18.3 Å². The zero-order chi connectivity index (χ0) is 13.7. The topological polar surface area (TPSA) is 27.7 Å². The molecule has 0 spiro atoms. The third-order valence-corrected chi connectivity index (χ3v) is 1.81. The summed E-state index contributed by atoms with van der Waals surface area (Å²) in [6.45, 7) is 11.8. The molecule has 0 atom stereocenters. The van der Waals surface area contributed by atoms with Crippen molar-refractivity contribution in [2.75, 3.05) is 0 Å². The maximum Gasteiger partial charge on any atom is 0.143 e. The van der Waals surface area contributed by atoms with Crippen molar-refractivity contribution in [1.82, 2.24) is 0 Å². The molecule has 3 heteroatoms.